The first-order valence-corrected chi connectivity index (χ1v) is 15.2. The fourth-order valence-electron chi connectivity index (χ4n) is 5.06. The van der Waals surface area contributed by atoms with Crippen LogP contribution in [-0.2, 0) is 11.2 Å². The zero-order chi connectivity index (χ0) is 32.2. The number of carbonyl (C=O) groups excluding carboxylic acids is 1. The van der Waals surface area contributed by atoms with Gasteiger partial charge in [-0.25, -0.2) is 4.98 Å². The summed E-state index contributed by atoms with van der Waals surface area (Å²) < 4.78 is 19.9. The summed E-state index contributed by atoms with van der Waals surface area (Å²) in [6.07, 6.45) is 3.71. The number of para-hydroxylation sites is 2. The Morgan fingerprint density at radius 1 is 1.09 bits per heavy atom. The van der Waals surface area contributed by atoms with Crippen LogP contribution < -0.4 is 20.3 Å². The molecule has 0 aliphatic carbocycles. The third-order valence-electron chi connectivity index (χ3n) is 7.28. The normalized spacial score (nSPS) is 11.3. The molecule has 0 fully saturated rings. The second kappa shape index (κ2) is 13.3. The van der Waals surface area contributed by atoms with Crippen LogP contribution in [0.25, 0.3) is 33.5 Å². The SMILES string of the molecule is C=CCc1cc(C=Nn2c(-c3cc4cc(Br)ccc4o3)nc3ccccc3c2=O)cc(OC)c1OCC(=O)Nc1ccccc1C. The van der Waals surface area contributed by atoms with Gasteiger partial charge in [0.1, 0.15) is 5.58 Å². The Kier molecular flexibility index (Phi) is 8.80. The number of nitrogens with zero attached hydrogens (tertiary/aromatic N) is 3. The van der Waals surface area contributed by atoms with Crippen LogP contribution in [0.1, 0.15) is 16.7 Å². The topological polar surface area (TPSA) is 108 Å². The summed E-state index contributed by atoms with van der Waals surface area (Å²) in [6, 6.07) is 25.7. The highest BCUT2D eigenvalue weighted by Crippen LogP contribution is 2.34. The number of aryl methyl sites for hydroxylation is 1. The second-order valence-corrected chi connectivity index (χ2v) is 11.4. The van der Waals surface area contributed by atoms with Gasteiger partial charge in [0, 0.05) is 21.1 Å². The number of furan rings is 1. The van der Waals surface area contributed by atoms with Crippen LogP contribution in [0.15, 0.2) is 116 Å². The zero-order valence-electron chi connectivity index (χ0n) is 25.1. The van der Waals surface area contributed by atoms with Gasteiger partial charge in [0.15, 0.2) is 23.9 Å². The van der Waals surface area contributed by atoms with Gasteiger partial charge in [0.2, 0.25) is 5.82 Å². The Labute approximate surface area is 272 Å². The maximum Gasteiger partial charge on any atom is 0.282 e. The lowest BCUT2D eigenvalue weighted by atomic mass is 10.1. The fourth-order valence-corrected chi connectivity index (χ4v) is 5.44. The smallest absolute Gasteiger partial charge is 0.282 e. The highest BCUT2D eigenvalue weighted by molar-refractivity contribution is 9.10. The first kappa shape index (κ1) is 30.5. The molecule has 2 aromatic heterocycles. The summed E-state index contributed by atoms with van der Waals surface area (Å²) in [7, 11) is 1.52. The van der Waals surface area contributed by atoms with Crippen molar-refractivity contribution in [3.05, 3.63) is 129 Å². The molecule has 0 atom stereocenters. The molecule has 2 heterocycles. The van der Waals surface area contributed by atoms with Gasteiger partial charge in [0.25, 0.3) is 11.5 Å². The number of allylic oxidation sites excluding steroid dienone is 1. The minimum atomic E-state index is -0.351. The minimum Gasteiger partial charge on any atom is -0.493 e. The standard InChI is InChI=1S/C36H29BrN4O5/c1-4-9-24-16-23(17-31(44-3)34(24)45-21-33(42)39-28-12-7-5-10-22(28)2)20-38-41-35(40-29-13-8-6-11-27(29)36(41)43)32-19-25-18-26(37)14-15-30(25)46-32/h4-8,10-20H,1,9,21H2,2-3H3,(H,39,42). The summed E-state index contributed by atoms with van der Waals surface area (Å²) in [5, 5.41) is 8.73. The quantitative estimate of drug-likeness (QED) is 0.119. The Hall–Kier alpha value is -5.48. The van der Waals surface area contributed by atoms with Crippen LogP contribution in [0.2, 0.25) is 0 Å². The molecule has 0 unspecified atom stereocenters. The predicted octanol–water partition coefficient (Wildman–Crippen LogP) is 7.52. The van der Waals surface area contributed by atoms with E-state index in [9.17, 15) is 9.59 Å². The molecule has 1 N–H and O–H groups in total. The predicted molar refractivity (Wildman–Crippen MR) is 184 cm³/mol. The van der Waals surface area contributed by atoms with Crippen molar-refractivity contribution in [2.75, 3.05) is 19.0 Å². The van der Waals surface area contributed by atoms with Crippen molar-refractivity contribution in [1.29, 1.82) is 0 Å². The average Bonchev–Trinajstić information content (AvgIpc) is 3.48. The largest absolute Gasteiger partial charge is 0.493 e. The molecule has 0 spiro atoms. The number of hydrogen-bond donors (Lipinski definition) is 1. The van der Waals surface area contributed by atoms with Crippen molar-refractivity contribution in [3.8, 4) is 23.1 Å². The van der Waals surface area contributed by atoms with E-state index in [-0.39, 0.29) is 23.9 Å². The van der Waals surface area contributed by atoms with E-state index >= 15 is 0 Å². The van der Waals surface area contributed by atoms with Crippen LogP contribution in [0, 0.1) is 6.92 Å². The first-order chi connectivity index (χ1) is 22.3. The summed E-state index contributed by atoms with van der Waals surface area (Å²) in [4.78, 5) is 31.2. The molecule has 10 heteroatoms. The first-order valence-electron chi connectivity index (χ1n) is 14.4. The van der Waals surface area contributed by atoms with Gasteiger partial charge in [-0.3, -0.25) is 9.59 Å². The van der Waals surface area contributed by atoms with Crippen molar-refractivity contribution in [2.24, 2.45) is 5.10 Å². The molecule has 0 bridgehead atoms. The highest BCUT2D eigenvalue weighted by Gasteiger charge is 2.18. The molecule has 0 saturated carbocycles. The van der Waals surface area contributed by atoms with Crippen molar-refractivity contribution in [1.82, 2.24) is 9.66 Å². The Bertz CT molecular complexity index is 2200. The van der Waals surface area contributed by atoms with Crippen LogP contribution in [0.3, 0.4) is 0 Å². The summed E-state index contributed by atoms with van der Waals surface area (Å²) >= 11 is 3.49. The van der Waals surface area contributed by atoms with Crippen LogP contribution in [0.5, 0.6) is 11.5 Å². The van der Waals surface area contributed by atoms with E-state index in [0.29, 0.717) is 51.4 Å². The molecule has 0 radical (unpaired) electrons. The number of benzene rings is 4. The number of amides is 1. The summed E-state index contributed by atoms with van der Waals surface area (Å²) in [6.45, 7) is 5.56. The lowest BCUT2D eigenvalue weighted by molar-refractivity contribution is -0.118. The van der Waals surface area contributed by atoms with E-state index in [1.165, 1.54) is 11.8 Å². The van der Waals surface area contributed by atoms with E-state index in [0.717, 1.165) is 21.0 Å². The maximum atomic E-state index is 13.7. The molecular formula is C36H29BrN4O5. The monoisotopic (exact) mass is 676 g/mol. The number of fused-ring (bicyclic) bond motifs is 2. The number of nitrogens with one attached hydrogen (secondary N) is 1. The Morgan fingerprint density at radius 2 is 1.89 bits per heavy atom. The van der Waals surface area contributed by atoms with E-state index in [1.807, 2.05) is 67.6 Å². The maximum absolute atomic E-state index is 13.7. The molecule has 6 rings (SSSR count). The number of ether oxygens (including phenoxy) is 2. The highest BCUT2D eigenvalue weighted by atomic mass is 79.9. The molecule has 0 saturated heterocycles. The lowest BCUT2D eigenvalue weighted by Gasteiger charge is -2.16. The van der Waals surface area contributed by atoms with Gasteiger partial charge < -0.3 is 19.2 Å². The van der Waals surface area contributed by atoms with Gasteiger partial charge in [-0.15, -0.1) is 6.58 Å². The number of aromatic nitrogens is 2. The van der Waals surface area contributed by atoms with Gasteiger partial charge in [0.05, 0.1) is 24.2 Å². The van der Waals surface area contributed by atoms with E-state index in [2.05, 4.69) is 32.9 Å². The van der Waals surface area contributed by atoms with Gasteiger partial charge >= 0.3 is 0 Å². The molecule has 9 nitrogen and oxygen atoms in total. The summed E-state index contributed by atoms with van der Waals surface area (Å²) in [5.74, 6) is 1.16. The molecule has 6 aromatic rings. The van der Waals surface area contributed by atoms with Crippen LogP contribution in [0.4, 0.5) is 5.69 Å². The molecule has 0 aliphatic rings. The fraction of sp³-hybridized carbons (Fsp3) is 0.111. The molecule has 4 aromatic carbocycles. The van der Waals surface area contributed by atoms with Crippen LogP contribution >= 0.6 is 15.9 Å². The number of methoxy groups -OCH3 is 1. The van der Waals surface area contributed by atoms with Gasteiger partial charge in [-0.1, -0.05) is 52.3 Å². The number of carbonyl (C=O) groups is 1. The van der Waals surface area contributed by atoms with Gasteiger partial charge in [-0.05, 0) is 79.1 Å². The minimum absolute atomic E-state index is 0.224. The number of halogens is 1. The lowest BCUT2D eigenvalue weighted by Crippen LogP contribution is -2.21. The third kappa shape index (κ3) is 6.33. The van der Waals surface area contributed by atoms with Crippen molar-refractivity contribution in [2.45, 2.75) is 13.3 Å². The Morgan fingerprint density at radius 3 is 2.70 bits per heavy atom. The third-order valence-corrected chi connectivity index (χ3v) is 7.77. The molecule has 230 valence electrons. The van der Waals surface area contributed by atoms with Crippen LogP contribution in [-0.4, -0.2) is 35.5 Å². The van der Waals surface area contributed by atoms with Crippen molar-refractivity contribution in [3.63, 3.8) is 0 Å². The van der Waals surface area contributed by atoms with E-state index < -0.39 is 0 Å². The second-order valence-electron chi connectivity index (χ2n) is 10.5. The van der Waals surface area contributed by atoms with E-state index in [1.54, 1.807) is 36.6 Å². The number of anilines is 1. The van der Waals surface area contributed by atoms with Crippen molar-refractivity contribution >= 4 is 55.6 Å². The summed E-state index contributed by atoms with van der Waals surface area (Å²) in [5.41, 5.74) is 3.85. The molecule has 46 heavy (non-hydrogen) atoms. The van der Waals surface area contributed by atoms with Crippen molar-refractivity contribution < 1.29 is 18.7 Å². The molecule has 0 aliphatic heterocycles. The van der Waals surface area contributed by atoms with E-state index in [4.69, 9.17) is 18.9 Å². The number of rotatable bonds is 10. The number of hydrogen-bond acceptors (Lipinski definition) is 7. The zero-order valence-corrected chi connectivity index (χ0v) is 26.7. The average molecular weight is 678 g/mol. The molecule has 1 amide bonds. The Balaban J connectivity index is 1.36. The van der Waals surface area contributed by atoms with Gasteiger partial charge in [-0.2, -0.15) is 9.78 Å². The molecular weight excluding hydrogens is 648 g/mol.